The molecule has 3 rings (SSSR count). The summed E-state index contributed by atoms with van der Waals surface area (Å²) < 4.78 is 23.0. The Morgan fingerprint density at radius 3 is 2.78 bits per heavy atom. The SMILES string of the molecule is COc1c2c(nc3occc13)[C@@](CCC(C)(C)Cl)(OC)[C@H](OC(C)=O)CC2. The van der Waals surface area contributed by atoms with Crippen LogP contribution in [-0.2, 0) is 26.3 Å². The molecule has 2 aromatic rings. The molecule has 0 saturated heterocycles. The van der Waals surface area contributed by atoms with Gasteiger partial charge in [-0.1, -0.05) is 0 Å². The van der Waals surface area contributed by atoms with Gasteiger partial charge in [-0.3, -0.25) is 4.79 Å². The van der Waals surface area contributed by atoms with Crippen LogP contribution in [0.1, 0.15) is 51.3 Å². The molecule has 148 valence electrons. The van der Waals surface area contributed by atoms with Crippen molar-refractivity contribution in [2.45, 2.75) is 63.0 Å². The number of fused-ring (bicyclic) bond motifs is 2. The van der Waals surface area contributed by atoms with Crippen molar-refractivity contribution in [1.29, 1.82) is 0 Å². The highest BCUT2D eigenvalue weighted by atomic mass is 35.5. The summed E-state index contributed by atoms with van der Waals surface area (Å²) >= 11 is 6.46. The summed E-state index contributed by atoms with van der Waals surface area (Å²) in [5, 5.41) is 0.824. The molecule has 0 fully saturated rings. The van der Waals surface area contributed by atoms with Gasteiger partial charge in [0.25, 0.3) is 0 Å². The standard InChI is InChI=1S/C20H26ClNO5/c1-12(23)27-15-7-6-13-16(24-4)14-8-11-26-18(14)22-17(13)20(15,25-5)10-9-19(2,3)21/h8,11,15H,6-7,9-10H2,1-5H3/t15-,20+/m1/s1. The average Bonchev–Trinajstić information content (AvgIpc) is 3.06. The Labute approximate surface area is 164 Å². The fraction of sp³-hybridized carbons (Fsp3) is 0.600. The van der Waals surface area contributed by atoms with Gasteiger partial charge in [-0.2, -0.15) is 0 Å². The van der Waals surface area contributed by atoms with Crippen LogP contribution in [0.4, 0.5) is 0 Å². The zero-order chi connectivity index (χ0) is 19.8. The van der Waals surface area contributed by atoms with Crippen molar-refractivity contribution in [3.63, 3.8) is 0 Å². The number of methoxy groups -OCH3 is 2. The van der Waals surface area contributed by atoms with E-state index in [0.717, 1.165) is 16.7 Å². The Balaban J connectivity index is 2.20. The van der Waals surface area contributed by atoms with Crippen LogP contribution in [0, 0.1) is 0 Å². The molecule has 27 heavy (non-hydrogen) atoms. The first-order chi connectivity index (χ1) is 12.7. The van der Waals surface area contributed by atoms with Gasteiger partial charge in [0.1, 0.15) is 17.5 Å². The number of aromatic nitrogens is 1. The number of alkyl halides is 1. The van der Waals surface area contributed by atoms with Gasteiger partial charge in [0.2, 0.25) is 5.71 Å². The highest BCUT2D eigenvalue weighted by Gasteiger charge is 2.50. The maximum atomic E-state index is 11.8. The third-order valence-electron chi connectivity index (χ3n) is 5.21. The summed E-state index contributed by atoms with van der Waals surface area (Å²) in [5.41, 5.74) is 1.21. The molecule has 2 aromatic heterocycles. The Kier molecular flexibility index (Phi) is 5.41. The van der Waals surface area contributed by atoms with Crippen LogP contribution in [0.5, 0.6) is 5.75 Å². The second kappa shape index (κ2) is 7.32. The molecule has 0 radical (unpaired) electrons. The lowest BCUT2D eigenvalue weighted by Gasteiger charge is -2.43. The van der Waals surface area contributed by atoms with E-state index in [1.165, 1.54) is 6.92 Å². The molecule has 2 atom stereocenters. The summed E-state index contributed by atoms with van der Waals surface area (Å²) in [5.74, 6) is 0.387. The molecule has 0 saturated carbocycles. The van der Waals surface area contributed by atoms with Crippen molar-refractivity contribution in [2.24, 2.45) is 0 Å². The summed E-state index contributed by atoms with van der Waals surface area (Å²) in [4.78, 5) is 16.1. The number of carbonyl (C=O) groups is 1. The van der Waals surface area contributed by atoms with E-state index >= 15 is 0 Å². The lowest BCUT2D eigenvalue weighted by molar-refractivity contribution is -0.176. The molecule has 6 nitrogen and oxygen atoms in total. The normalized spacial score (nSPS) is 22.5. The molecule has 0 aromatic carbocycles. The second-order valence-electron chi connectivity index (χ2n) is 7.56. The van der Waals surface area contributed by atoms with E-state index in [4.69, 9.17) is 35.2 Å². The van der Waals surface area contributed by atoms with Crippen LogP contribution in [0.25, 0.3) is 11.1 Å². The highest BCUT2D eigenvalue weighted by molar-refractivity contribution is 6.23. The van der Waals surface area contributed by atoms with E-state index in [2.05, 4.69) is 0 Å². The van der Waals surface area contributed by atoms with Gasteiger partial charge in [-0.15, -0.1) is 11.6 Å². The van der Waals surface area contributed by atoms with Crippen LogP contribution >= 0.6 is 11.6 Å². The number of furan rings is 1. The smallest absolute Gasteiger partial charge is 0.303 e. The van der Waals surface area contributed by atoms with E-state index in [1.54, 1.807) is 20.5 Å². The van der Waals surface area contributed by atoms with Crippen LogP contribution < -0.4 is 4.74 Å². The predicted octanol–water partition coefficient (Wildman–Crippen LogP) is 4.35. The lowest BCUT2D eigenvalue weighted by atomic mass is 9.75. The molecule has 0 N–H and O–H groups in total. The second-order valence-corrected chi connectivity index (χ2v) is 8.58. The van der Waals surface area contributed by atoms with E-state index < -0.39 is 16.6 Å². The van der Waals surface area contributed by atoms with E-state index in [0.29, 0.717) is 37.1 Å². The Hall–Kier alpha value is -1.79. The fourth-order valence-corrected chi connectivity index (χ4v) is 4.02. The lowest BCUT2D eigenvalue weighted by Crippen LogP contribution is -2.48. The molecule has 1 aliphatic rings. The molecule has 0 bridgehead atoms. The molecular formula is C20H26ClNO5. The fourth-order valence-electron chi connectivity index (χ4n) is 3.92. The molecule has 0 aliphatic heterocycles. The monoisotopic (exact) mass is 395 g/mol. The van der Waals surface area contributed by atoms with E-state index in [1.807, 2.05) is 19.9 Å². The minimum atomic E-state index is -0.917. The van der Waals surface area contributed by atoms with E-state index in [-0.39, 0.29) is 5.97 Å². The Bertz CT molecular complexity index is 841. The quantitative estimate of drug-likeness (QED) is 0.534. The predicted molar refractivity (Wildman–Crippen MR) is 102 cm³/mol. The van der Waals surface area contributed by atoms with Crippen molar-refractivity contribution in [3.8, 4) is 5.75 Å². The van der Waals surface area contributed by atoms with E-state index in [9.17, 15) is 4.79 Å². The largest absolute Gasteiger partial charge is 0.496 e. The van der Waals surface area contributed by atoms with Gasteiger partial charge in [-0.25, -0.2) is 4.98 Å². The molecule has 0 unspecified atom stereocenters. The van der Waals surface area contributed by atoms with Crippen LogP contribution in [0.2, 0.25) is 0 Å². The van der Waals surface area contributed by atoms with Crippen molar-refractivity contribution in [1.82, 2.24) is 4.98 Å². The summed E-state index contributed by atoms with van der Waals surface area (Å²) in [6.07, 6.45) is 3.61. The summed E-state index contributed by atoms with van der Waals surface area (Å²) in [6, 6.07) is 1.84. The van der Waals surface area contributed by atoms with Gasteiger partial charge in [-0.05, 0) is 45.6 Å². The minimum Gasteiger partial charge on any atom is -0.496 e. The third kappa shape index (κ3) is 3.65. The summed E-state index contributed by atoms with van der Waals surface area (Å²) in [6.45, 7) is 5.31. The number of carbonyl (C=O) groups excluding carboxylic acids is 1. The Morgan fingerprint density at radius 2 is 2.19 bits per heavy atom. The van der Waals surface area contributed by atoms with Crippen molar-refractivity contribution < 1.29 is 23.4 Å². The van der Waals surface area contributed by atoms with Gasteiger partial charge >= 0.3 is 5.97 Å². The van der Waals surface area contributed by atoms with Gasteiger partial charge < -0.3 is 18.6 Å². The number of hydrogen-bond donors (Lipinski definition) is 0. The van der Waals surface area contributed by atoms with Crippen LogP contribution in [0.15, 0.2) is 16.7 Å². The number of hydrogen-bond acceptors (Lipinski definition) is 6. The maximum absolute atomic E-state index is 11.8. The number of pyridine rings is 1. The van der Waals surface area contributed by atoms with Crippen LogP contribution in [-0.4, -0.2) is 36.2 Å². The molecular weight excluding hydrogens is 370 g/mol. The van der Waals surface area contributed by atoms with Gasteiger partial charge in [0.15, 0.2) is 0 Å². The van der Waals surface area contributed by atoms with Gasteiger partial charge in [0.05, 0.1) is 24.5 Å². The number of ether oxygens (including phenoxy) is 3. The first-order valence-electron chi connectivity index (χ1n) is 9.07. The molecule has 0 amide bonds. The van der Waals surface area contributed by atoms with Crippen molar-refractivity contribution in [3.05, 3.63) is 23.6 Å². The van der Waals surface area contributed by atoms with Crippen molar-refractivity contribution in [2.75, 3.05) is 14.2 Å². The first kappa shape index (κ1) is 20.0. The van der Waals surface area contributed by atoms with Crippen LogP contribution in [0.3, 0.4) is 0 Å². The summed E-state index contributed by atoms with van der Waals surface area (Å²) in [7, 11) is 3.25. The number of rotatable bonds is 6. The zero-order valence-corrected chi connectivity index (χ0v) is 17.2. The number of nitrogens with zero attached hydrogens (tertiary/aromatic N) is 1. The third-order valence-corrected chi connectivity index (χ3v) is 5.40. The minimum absolute atomic E-state index is 0.346. The Morgan fingerprint density at radius 1 is 1.44 bits per heavy atom. The molecule has 0 spiro atoms. The molecule has 1 aliphatic carbocycles. The number of halogens is 1. The first-order valence-corrected chi connectivity index (χ1v) is 9.45. The van der Waals surface area contributed by atoms with Gasteiger partial charge in [0, 0.05) is 24.5 Å². The molecule has 2 heterocycles. The van der Waals surface area contributed by atoms with Crippen molar-refractivity contribution >= 4 is 28.7 Å². The highest BCUT2D eigenvalue weighted by Crippen LogP contribution is 2.48. The number of esters is 1. The maximum Gasteiger partial charge on any atom is 0.303 e. The molecule has 7 heteroatoms. The topological polar surface area (TPSA) is 70.8 Å². The average molecular weight is 396 g/mol. The zero-order valence-electron chi connectivity index (χ0n) is 16.4.